The predicted molar refractivity (Wildman–Crippen MR) is 68.7 cm³/mol. The molecule has 2 fully saturated rings. The van der Waals surface area contributed by atoms with E-state index < -0.39 is 0 Å². The molecule has 0 radical (unpaired) electrons. The van der Waals surface area contributed by atoms with E-state index in [1.807, 2.05) is 6.07 Å². The fourth-order valence-electron chi connectivity index (χ4n) is 3.50. The Morgan fingerprint density at radius 3 is 3.06 bits per heavy atom. The standard InChI is InChI=1S/C12H14ClN5/c13-10-5-11(18-12(17-10)14-6-15-18)16-9-4-7-1-2-8(9)3-7/h5-9,16H,1-4H2. The van der Waals surface area contributed by atoms with Crippen molar-refractivity contribution < 1.29 is 0 Å². The van der Waals surface area contributed by atoms with E-state index >= 15 is 0 Å². The summed E-state index contributed by atoms with van der Waals surface area (Å²) in [6.07, 6.45) is 6.89. The van der Waals surface area contributed by atoms with Crippen molar-refractivity contribution in [3.63, 3.8) is 0 Å². The summed E-state index contributed by atoms with van der Waals surface area (Å²) in [7, 11) is 0. The first-order chi connectivity index (χ1) is 8.79. The Bertz CT molecular complexity index is 595. The summed E-state index contributed by atoms with van der Waals surface area (Å²) in [5, 5.41) is 8.22. The Kier molecular flexibility index (Phi) is 2.24. The number of hydrogen-bond acceptors (Lipinski definition) is 4. The fourth-order valence-corrected chi connectivity index (χ4v) is 3.68. The lowest BCUT2D eigenvalue weighted by atomic mass is 9.95. The number of nitrogens with one attached hydrogen (secondary N) is 1. The van der Waals surface area contributed by atoms with Gasteiger partial charge in [-0.05, 0) is 31.1 Å². The van der Waals surface area contributed by atoms with Gasteiger partial charge in [-0.1, -0.05) is 18.0 Å². The lowest BCUT2D eigenvalue weighted by Gasteiger charge is -2.24. The lowest BCUT2D eigenvalue weighted by molar-refractivity contribution is 0.438. The van der Waals surface area contributed by atoms with Crippen LogP contribution in [-0.2, 0) is 0 Å². The van der Waals surface area contributed by atoms with Crippen LogP contribution in [-0.4, -0.2) is 25.6 Å². The molecule has 2 bridgehead atoms. The number of halogens is 1. The zero-order valence-electron chi connectivity index (χ0n) is 9.88. The summed E-state index contributed by atoms with van der Waals surface area (Å²) < 4.78 is 1.72. The molecule has 2 aromatic rings. The quantitative estimate of drug-likeness (QED) is 0.846. The smallest absolute Gasteiger partial charge is 0.255 e. The van der Waals surface area contributed by atoms with E-state index in [0.29, 0.717) is 17.0 Å². The van der Waals surface area contributed by atoms with Crippen LogP contribution in [0.1, 0.15) is 25.7 Å². The van der Waals surface area contributed by atoms with E-state index in [9.17, 15) is 0 Å². The third-order valence-electron chi connectivity index (χ3n) is 4.29. The number of anilines is 1. The van der Waals surface area contributed by atoms with Gasteiger partial charge in [-0.15, -0.1) is 0 Å². The molecule has 2 saturated carbocycles. The van der Waals surface area contributed by atoms with Gasteiger partial charge in [0.2, 0.25) is 0 Å². The molecule has 1 N–H and O–H groups in total. The summed E-state index contributed by atoms with van der Waals surface area (Å²) >= 11 is 6.01. The van der Waals surface area contributed by atoms with Crippen molar-refractivity contribution in [1.29, 1.82) is 0 Å². The van der Waals surface area contributed by atoms with Crippen molar-refractivity contribution in [2.24, 2.45) is 11.8 Å². The average Bonchev–Trinajstić information content (AvgIpc) is 3.02. The van der Waals surface area contributed by atoms with Gasteiger partial charge in [0.1, 0.15) is 17.3 Å². The van der Waals surface area contributed by atoms with E-state index in [0.717, 1.165) is 17.7 Å². The van der Waals surface area contributed by atoms with Crippen LogP contribution in [0.3, 0.4) is 0 Å². The lowest BCUT2D eigenvalue weighted by Crippen LogP contribution is -2.27. The minimum atomic E-state index is 0.459. The molecule has 2 aromatic heterocycles. The molecular weight excluding hydrogens is 250 g/mol. The number of hydrogen-bond donors (Lipinski definition) is 1. The summed E-state index contributed by atoms with van der Waals surface area (Å²) in [4.78, 5) is 8.21. The molecule has 2 aliphatic rings. The number of nitrogens with zero attached hydrogens (tertiary/aromatic N) is 4. The number of rotatable bonds is 2. The van der Waals surface area contributed by atoms with Crippen LogP contribution < -0.4 is 5.32 Å². The van der Waals surface area contributed by atoms with Gasteiger partial charge < -0.3 is 5.32 Å². The van der Waals surface area contributed by atoms with Crippen LogP contribution in [0, 0.1) is 11.8 Å². The van der Waals surface area contributed by atoms with Crippen molar-refractivity contribution >= 4 is 23.2 Å². The molecule has 6 heteroatoms. The van der Waals surface area contributed by atoms with Gasteiger partial charge in [-0.3, -0.25) is 0 Å². The summed E-state index contributed by atoms with van der Waals surface area (Å²) in [6.45, 7) is 0. The molecule has 4 rings (SSSR count). The Morgan fingerprint density at radius 1 is 1.33 bits per heavy atom. The van der Waals surface area contributed by atoms with Crippen LogP contribution in [0.4, 0.5) is 5.82 Å². The minimum absolute atomic E-state index is 0.459. The second kappa shape index (κ2) is 3.82. The Balaban J connectivity index is 1.68. The van der Waals surface area contributed by atoms with E-state index in [-0.39, 0.29) is 0 Å². The maximum absolute atomic E-state index is 6.01. The van der Waals surface area contributed by atoms with Crippen molar-refractivity contribution in [3.8, 4) is 0 Å². The molecule has 0 saturated heterocycles. The highest BCUT2D eigenvalue weighted by atomic mass is 35.5. The van der Waals surface area contributed by atoms with Gasteiger partial charge in [0, 0.05) is 12.1 Å². The molecule has 2 heterocycles. The van der Waals surface area contributed by atoms with Gasteiger partial charge in [0.25, 0.3) is 5.78 Å². The Morgan fingerprint density at radius 2 is 2.28 bits per heavy atom. The van der Waals surface area contributed by atoms with Crippen molar-refractivity contribution in [1.82, 2.24) is 19.6 Å². The van der Waals surface area contributed by atoms with Gasteiger partial charge in [-0.25, -0.2) is 0 Å². The van der Waals surface area contributed by atoms with Crippen LogP contribution in [0.5, 0.6) is 0 Å². The van der Waals surface area contributed by atoms with E-state index in [2.05, 4.69) is 20.4 Å². The number of aromatic nitrogens is 4. The van der Waals surface area contributed by atoms with Crippen LogP contribution >= 0.6 is 11.6 Å². The van der Waals surface area contributed by atoms with Gasteiger partial charge in [0.15, 0.2) is 0 Å². The van der Waals surface area contributed by atoms with Crippen molar-refractivity contribution in [2.45, 2.75) is 31.7 Å². The topological polar surface area (TPSA) is 55.1 Å². The maximum Gasteiger partial charge on any atom is 0.255 e. The van der Waals surface area contributed by atoms with Gasteiger partial charge in [0.05, 0.1) is 0 Å². The molecule has 0 aliphatic heterocycles. The highest BCUT2D eigenvalue weighted by Gasteiger charge is 2.39. The minimum Gasteiger partial charge on any atom is -0.367 e. The molecule has 5 nitrogen and oxygen atoms in total. The molecule has 94 valence electrons. The number of fused-ring (bicyclic) bond motifs is 3. The zero-order chi connectivity index (χ0) is 12.1. The summed E-state index contributed by atoms with van der Waals surface area (Å²) in [5.41, 5.74) is 0. The van der Waals surface area contributed by atoms with Crippen molar-refractivity contribution in [3.05, 3.63) is 17.5 Å². The van der Waals surface area contributed by atoms with E-state index in [1.165, 1.54) is 32.0 Å². The zero-order valence-corrected chi connectivity index (χ0v) is 10.6. The summed E-state index contributed by atoms with van der Waals surface area (Å²) in [5.74, 6) is 3.17. The maximum atomic E-state index is 6.01. The molecule has 2 aliphatic carbocycles. The average molecular weight is 264 g/mol. The van der Waals surface area contributed by atoms with Crippen LogP contribution in [0.25, 0.3) is 5.78 Å². The van der Waals surface area contributed by atoms with Crippen molar-refractivity contribution in [2.75, 3.05) is 5.32 Å². The Labute approximate surface area is 110 Å². The normalized spacial score (nSPS) is 30.2. The highest BCUT2D eigenvalue weighted by Crippen LogP contribution is 2.45. The molecule has 0 spiro atoms. The first-order valence-corrected chi connectivity index (χ1v) is 6.80. The predicted octanol–water partition coefficient (Wildman–Crippen LogP) is 2.38. The largest absolute Gasteiger partial charge is 0.367 e. The van der Waals surface area contributed by atoms with Crippen LogP contribution in [0.2, 0.25) is 5.15 Å². The van der Waals surface area contributed by atoms with Gasteiger partial charge in [-0.2, -0.15) is 19.6 Å². The highest BCUT2D eigenvalue weighted by molar-refractivity contribution is 6.29. The molecule has 18 heavy (non-hydrogen) atoms. The summed E-state index contributed by atoms with van der Waals surface area (Å²) in [6, 6.07) is 2.38. The molecule has 3 unspecified atom stereocenters. The van der Waals surface area contributed by atoms with Gasteiger partial charge >= 0.3 is 0 Å². The SMILES string of the molecule is Clc1cc(NC2CC3CCC2C3)n2ncnc2n1. The molecule has 0 aromatic carbocycles. The van der Waals surface area contributed by atoms with E-state index in [1.54, 1.807) is 4.52 Å². The Hall–Kier alpha value is -1.36. The second-order valence-electron chi connectivity index (χ2n) is 5.36. The molecular formula is C12H14ClN5. The fraction of sp³-hybridized carbons (Fsp3) is 0.583. The second-order valence-corrected chi connectivity index (χ2v) is 5.75. The molecule has 0 amide bonds. The first-order valence-electron chi connectivity index (χ1n) is 6.42. The molecule has 3 atom stereocenters. The van der Waals surface area contributed by atoms with Crippen LogP contribution in [0.15, 0.2) is 12.4 Å². The third-order valence-corrected chi connectivity index (χ3v) is 4.49. The first kappa shape index (κ1) is 10.6. The third kappa shape index (κ3) is 1.57. The van der Waals surface area contributed by atoms with E-state index in [4.69, 9.17) is 11.6 Å². The monoisotopic (exact) mass is 263 g/mol.